The number of methoxy groups -OCH3 is 1. The largest absolute Gasteiger partial charge is 0.380 e. The van der Waals surface area contributed by atoms with Crippen molar-refractivity contribution in [1.29, 1.82) is 0 Å². The zero-order valence-electron chi connectivity index (χ0n) is 12.2. The first kappa shape index (κ1) is 15.9. The summed E-state index contributed by atoms with van der Waals surface area (Å²) in [4.78, 5) is 12.8. The molecular weight excluding hydrogens is 291 g/mol. The Morgan fingerprint density at radius 3 is 2.90 bits per heavy atom. The summed E-state index contributed by atoms with van der Waals surface area (Å²) in [5.74, 6) is -0.483. The Kier molecular flexibility index (Phi) is 5.67. The molecule has 21 heavy (non-hydrogen) atoms. The number of thiophene rings is 1. The van der Waals surface area contributed by atoms with Crippen molar-refractivity contribution in [2.45, 2.75) is 13.0 Å². The van der Waals surface area contributed by atoms with Gasteiger partial charge in [-0.05, 0) is 32.1 Å². The molecule has 2 rings (SSSR count). The lowest BCUT2D eigenvalue weighted by atomic mass is 10.1. The molecule has 1 heterocycles. The second kappa shape index (κ2) is 7.49. The highest BCUT2D eigenvalue weighted by molar-refractivity contribution is 7.21. The molecular formula is C15H19FN2O2S. The maximum atomic E-state index is 14.0. The van der Waals surface area contributed by atoms with E-state index in [1.54, 1.807) is 13.2 Å². The number of hydrogen-bond acceptors (Lipinski definition) is 4. The third-order valence-electron chi connectivity index (χ3n) is 3.15. The molecule has 0 fully saturated rings. The Morgan fingerprint density at radius 1 is 1.38 bits per heavy atom. The molecule has 114 valence electrons. The lowest BCUT2D eigenvalue weighted by Crippen LogP contribution is -2.26. The molecule has 0 aliphatic carbocycles. The zero-order chi connectivity index (χ0) is 15.2. The Labute approximate surface area is 127 Å². The fraction of sp³-hybridized carbons (Fsp3) is 0.400. The third-order valence-corrected chi connectivity index (χ3v) is 4.34. The van der Waals surface area contributed by atoms with Gasteiger partial charge in [0.25, 0.3) is 5.91 Å². The van der Waals surface area contributed by atoms with Gasteiger partial charge in [0.1, 0.15) is 5.82 Å². The van der Waals surface area contributed by atoms with Gasteiger partial charge in [0.05, 0.1) is 11.5 Å². The van der Waals surface area contributed by atoms with Crippen LogP contribution in [0.3, 0.4) is 0 Å². The van der Waals surface area contributed by atoms with Crippen LogP contribution in [0.1, 0.15) is 21.7 Å². The van der Waals surface area contributed by atoms with Gasteiger partial charge in [-0.3, -0.25) is 4.79 Å². The summed E-state index contributed by atoms with van der Waals surface area (Å²) in [7, 11) is 3.41. The molecule has 0 saturated carbocycles. The average molecular weight is 310 g/mol. The highest BCUT2D eigenvalue weighted by atomic mass is 32.1. The zero-order valence-corrected chi connectivity index (χ0v) is 13.0. The molecule has 0 unspecified atom stereocenters. The maximum Gasteiger partial charge on any atom is 0.261 e. The van der Waals surface area contributed by atoms with Crippen molar-refractivity contribution in [2.24, 2.45) is 0 Å². The summed E-state index contributed by atoms with van der Waals surface area (Å²) in [6.45, 7) is 1.65. The fourth-order valence-electron chi connectivity index (χ4n) is 2.18. The predicted molar refractivity (Wildman–Crippen MR) is 83.4 cm³/mol. The number of hydrogen-bond donors (Lipinski definition) is 2. The van der Waals surface area contributed by atoms with Gasteiger partial charge in [0.2, 0.25) is 0 Å². The SMILES string of the molecule is CNCCCNC(=O)c1sc2cccc(F)c2c1COC. The van der Waals surface area contributed by atoms with Gasteiger partial charge in [0.15, 0.2) is 0 Å². The molecule has 1 aromatic heterocycles. The molecule has 0 radical (unpaired) electrons. The van der Waals surface area contributed by atoms with E-state index >= 15 is 0 Å². The molecule has 0 aliphatic rings. The molecule has 0 bridgehead atoms. The second-order valence-corrected chi connectivity index (χ2v) is 5.72. The summed E-state index contributed by atoms with van der Waals surface area (Å²) >= 11 is 1.30. The van der Waals surface area contributed by atoms with Crippen molar-refractivity contribution in [3.05, 3.63) is 34.5 Å². The average Bonchev–Trinajstić information content (AvgIpc) is 2.84. The molecule has 1 aromatic carbocycles. The van der Waals surface area contributed by atoms with E-state index in [0.29, 0.717) is 22.4 Å². The van der Waals surface area contributed by atoms with Gasteiger partial charge in [0, 0.05) is 29.3 Å². The number of benzene rings is 1. The molecule has 6 heteroatoms. The van der Waals surface area contributed by atoms with Crippen molar-refractivity contribution < 1.29 is 13.9 Å². The Hall–Kier alpha value is -1.50. The number of carbonyl (C=O) groups is 1. The quantitative estimate of drug-likeness (QED) is 0.773. The van der Waals surface area contributed by atoms with E-state index in [-0.39, 0.29) is 18.3 Å². The normalized spacial score (nSPS) is 11.0. The van der Waals surface area contributed by atoms with Crippen LogP contribution in [0.25, 0.3) is 10.1 Å². The van der Waals surface area contributed by atoms with E-state index in [1.807, 2.05) is 13.1 Å². The summed E-state index contributed by atoms with van der Waals surface area (Å²) in [5, 5.41) is 6.38. The standard InChI is InChI=1S/C15H19FN2O2S/c1-17-7-4-8-18-15(19)14-10(9-20-2)13-11(16)5-3-6-12(13)21-14/h3,5-6,17H,4,7-9H2,1-2H3,(H,18,19). The van der Waals surface area contributed by atoms with E-state index < -0.39 is 0 Å². The number of halogens is 1. The van der Waals surface area contributed by atoms with Crippen LogP contribution in [0.15, 0.2) is 18.2 Å². The molecule has 0 atom stereocenters. The number of ether oxygens (including phenoxy) is 1. The van der Waals surface area contributed by atoms with Gasteiger partial charge in [-0.25, -0.2) is 4.39 Å². The molecule has 0 spiro atoms. The van der Waals surface area contributed by atoms with E-state index in [2.05, 4.69) is 10.6 Å². The molecule has 2 aromatic rings. The van der Waals surface area contributed by atoms with E-state index in [4.69, 9.17) is 4.74 Å². The summed E-state index contributed by atoms with van der Waals surface area (Å²) in [5.41, 5.74) is 0.627. The minimum Gasteiger partial charge on any atom is -0.380 e. The summed E-state index contributed by atoms with van der Waals surface area (Å²) in [6.07, 6.45) is 0.848. The van der Waals surface area contributed by atoms with Gasteiger partial charge >= 0.3 is 0 Å². The van der Waals surface area contributed by atoms with Crippen LogP contribution in [-0.2, 0) is 11.3 Å². The first-order valence-corrected chi connectivity index (χ1v) is 7.62. The molecule has 1 amide bonds. The lowest BCUT2D eigenvalue weighted by molar-refractivity contribution is 0.0953. The van der Waals surface area contributed by atoms with Crippen LogP contribution in [0, 0.1) is 5.82 Å². The minimum absolute atomic E-state index is 0.168. The number of carbonyl (C=O) groups excluding carboxylic acids is 1. The minimum atomic E-state index is -0.315. The molecule has 2 N–H and O–H groups in total. The fourth-order valence-corrected chi connectivity index (χ4v) is 3.32. The summed E-state index contributed by atoms with van der Waals surface area (Å²) < 4.78 is 19.9. The topological polar surface area (TPSA) is 50.4 Å². The van der Waals surface area contributed by atoms with Gasteiger partial charge in [-0.2, -0.15) is 0 Å². The highest BCUT2D eigenvalue weighted by Crippen LogP contribution is 2.33. The Balaban J connectivity index is 2.27. The summed E-state index contributed by atoms with van der Waals surface area (Å²) in [6, 6.07) is 4.88. The first-order valence-electron chi connectivity index (χ1n) is 6.80. The van der Waals surface area contributed by atoms with Crippen molar-refractivity contribution in [3.63, 3.8) is 0 Å². The number of fused-ring (bicyclic) bond motifs is 1. The highest BCUT2D eigenvalue weighted by Gasteiger charge is 2.20. The third kappa shape index (κ3) is 3.58. The van der Waals surface area contributed by atoms with Crippen molar-refractivity contribution >= 4 is 27.3 Å². The van der Waals surface area contributed by atoms with Crippen molar-refractivity contribution in [1.82, 2.24) is 10.6 Å². The van der Waals surface area contributed by atoms with Crippen LogP contribution >= 0.6 is 11.3 Å². The van der Waals surface area contributed by atoms with Crippen LogP contribution in [0.2, 0.25) is 0 Å². The first-order chi connectivity index (χ1) is 10.2. The predicted octanol–water partition coefficient (Wildman–Crippen LogP) is 2.53. The Bertz CT molecular complexity index is 627. The second-order valence-electron chi connectivity index (χ2n) is 4.67. The van der Waals surface area contributed by atoms with E-state index in [9.17, 15) is 9.18 Å². The smallest absolute Gasteiger partial charge is 0.261 e. The van der Waals surface area contributed by atoms with Crippen LogP contribution in [0.5, 0.6) is 0 Å². The van der Waals surface area contributed by atoms with Crippen molar-refractivity contribution in [2.75, 3.05) is 27.2 Å². The molecule has 0 aliphatic heterocycles. The molecule has 0 saturated heterocycles. The van der Waals surface area contributed by atoms with E-state index in [0.717, 1.165) is 17.7 Å². The van der Waals surface area contributed by atoms with Gasteiger partial charge < -0.3 is 15.4 Å². The van der Waals surface area contributed by atoms with E-state index in [1.165, 1.54) is 17.4 Å². The maximum absolute atomic E-state index is 14.0. The van der Waals surface area contributed by atoms with Gasteiger partial charge in [-0.1, -0.05) is 6.07 Å². The number of nitrogens with one attached hydrogen (secondary N) is 2. The van der Waals surface area contributed by atoms with Crippen LogP contribution in [0.4, 0.5) is 4.39 Å². The molecule has 4 nitrogen and oxygen atoms in total. The van der Waals surface area contributed by atoms with Crippen LogP contribution < -0.4 is 10.6 Å². The van der Waals surface area contributed by atoms with Crippen LogP contribution in [-0.4, -0.2) is 33.2 Å². The monoisotopic (exact) mass is 310 g/mol. The lowest BCUT2D eigenvalue weighted by Gasteiger charge is -2.06. The van der Waals surface area contributed by atoms with Crippen molar-refractivity contribution in [3.8, 4) is 0 Å². The Morgan fingerprint density at radius 2 is 2.19 bits per heavy atom. The van der Waals surface area contributed by atoms with Gasteiger partial charge in [-0.15, -0.1) is 11.3 Å². The number of rotatable bonds is 7. The number of amides is 1.